The summed E-state index contributed by atoms with van der Waals surface area (Å²) in [4.78, 5) is 52.3. The average molecular weight is 448 g/mol. The lowest BCUT2D eigenvalue weighted by Crippen LogP contribution is -2.31. The van der Waals surface area contributed by atoms with Crippen LogP contribution in [0.15, 0.2) is 22.4 Å². The van der Waals surface area contributed by atoms with E-state index in [9.17, 15) is 19.2 Å². The summed E-state index contributed by atoms with van der Waals surface area (Å²) in [7, 11) is 0. The molecule has 2 aliphatic rings. The molecule has 0 bridgehead atoms. The number of aryl methyl sites for hydroxylation is 1. The third kappa shape index (κ3) is 4.00. The van der Waals surface area contributed by atoms with Crippen LogP contribution < -0.4 is 11.1 Å². The van der Waals surface area contributed by atoms with Crippen molar-refractivity contribution in [2.45, 2.75) is 25.7 Å². The zero-order chi connectivity index (χ0) is 20.5. The Morgan fingerprint density at radius 3 is 2.83 bits per heavy atom. The van der Waals surface area contributed by atoms with Gasteiger partial charge in [-0.2, -0.15) is 0 Å². The zero-order valence-electron chi connectivity index (χ0n) is 15.2. The van der Waals surface area contributed by atoms with Gasteiger partial charge in [0.05, 0.1) is 10.5 Å². The summed E-state index contributed by atoms with van der Waals surface area (Å²) in [6.45, 7) is -0.0186. The summed E-state index contributed by atoms with van der Waals surface area (Å²) in [6.07, 6.45) is 4.28. The first-order valence-corrected chi connectivity index (χ1v) is 11.5. The number of amides is 4. The molecule has 1 aliphatic heterocycles. The Labute approximate surface area is 179 Å². The fourth-order valence-electron chi connectivity index (χ4n) is 3.35. The Hall–Kier alpha value is -2.43. The third-order valence-electron chi connectivity index (χ3n) is 4.67. The van der Waals surface area contributed by atoms with Crippen LogP contribution in [0.4, 0.5) is 9.80 Å². The van der Waals surface area contributed by atoms with Gasteiger partial charge in [0.25, 0.3) is 17.1 Å². The summed E-state index contributed by atoms with van der Waals surface area (Å²) in [5, 5.41) is 4.69. The number of primary amides is 1. The lowest BCUT2D eigenvalue weighted by Gasteiger charge is -2.12. The zero-order valence-corrected chi connectivity index (χ0v) is 17.7. The number of carbonyl (C=O) groups is 4. The fourth-order valence-corrected chi connectivity index (χ4v) is 6.25. The largest absolute Gasteiger partial charge is 0.365 e. The molecule has 150 valence electrons. The number of hydrogen-bond donors (Lipinski definition) is 2. The van der Waals surface area contributed by atoms with Crippen LogP contribution in [0.5, 0.6) is 0 Å². The predicted molar refractivity (Wildman–Crippen MR) is 115 cm³/mol. The Balaban J connectivity index is 1.40. The summed E-state index contributed by atoms with van der Waals surface area (Å²) in [6, 6.07) is 3.73. The smallest absolute Gasteiger partial charge is 0.293 e. The lowest BCUT2D eigenvalue weighted by molar-refractivity contribution is -0.123. The molecule has 10 heteroatoms. The molecule has 0 saturated carbocycles. The molecule has 3 N–H and O–H groups in total. The van der Waals surface area contributed by atoms with Gasteiger partial charge in [-0.15, -0.1) is 22.7 Å². The highest BCUT2D eigenvalue weighted by molar-refractivity contribution is 8.18. The summed E-state index contributed by atoms with van der Waals surface area (Å²) >= 11 is 3.72. The van der Waals surface area contributed by atoms with E-state index in [1.54, 1.807) is 6.08 Å². The van der Waals surface area contributed by atoms with E-state index in [-0.39, 0.29) is 18.9 Å². The highest BCUT2D eigenvalue weighted by Gasteiger charge is 2.35. The maximum absolute atomic E-state index is 12.5. The molecule has 2 aromatic rings. The third-order valence-corrected chi connectivity index (χ3v) is 7.61. The monoisotopic (exact) mass is 447 g/mol. The molecule has 1 fully saturated rings. The van der Waals surface area contributed by atoms with E-state index in [2.05, 4.69) is 5.32 Å². The topological polar surface area (TPSA) is 110 Å². The van der Waals surface area contributed by atoms with E-state index in [1.807, 2.05) is 17.5 Å². The second-order valence-corrected chi connectivity index (χ2v) is 9.65. The highest BCUT2D eigenvalue weighted by Crippen LogP contribution is 2.39. The van der Waals surface area contributed by atoms with Crippen molar-refractivity contribution in [3.8, 4) is 0 Å². The van der Waals surface area contributed by atoms with Gasteiger partial charge in [-0.05, 0) is 54.1 Å². The molecular formula is C19H17N3O4S3. The maximum Gasteiger partial charge on any atom is 0.293 e. The number of nitrogens with two attached hydrogens (primary N) is 1. The molecule has 2 aromatic heterocycles. The average Bonchev–Trinajstić information content (AvgIpc) is 3.41. The first-order chi connectivity index (χ1) is 13.9. The minimum Gasteiger partial charge on any atom is -0.365 e. The van der Waals surface area contributed by atoms with Gasteiger partial charge in [0.15, 0.2) is 0 Å². The Morgan fingerprint density at radius 2 is 2.10 bits per heavy atom. The molecule has 29 heavy (non-hydrogen) atoms. The van der Waals surface area contributed by atoms with Gasteiger partial charge in [0.1, 0.15) is 5.00 Å². The Bertz CT molecular complexity index is 1040. The maximum atomic E-state index is 12.5. The Kier molecular flexibility index (Phi) is 5.57. The molecule has 1 aliphatic carbocycles. The van der Waals surface area contributed by atoms with E-state index < -0.39 is 17.1 Å². The van der Waals surface area contributed by atoms with Crippen LogP contribution in [-0.4, -0.2) is 34.4 Å². The van der Waals surface area contributed by atoms with Gasteiger partial charge in [-0.3, -0.25) is 24.1 Å². The molecule has 0 aromatic carbocycles. The van der Waals surface area contributed by atoms with Crippen molar-refractivity contribution in [2.75, 3.05) is 11.9 Å². The van der Waals surface area contributed by atoms with E-state index >= 15 is 0 Å². The van der Waals surface area contributed by atoms with E-state index in [1.165, 1.54) is 22.7 Å². The molecule has 0 atom stereocenters. The molecule has 7 nitrogen and oxygen atoms in total. The molecule has 0 radical (unpaired) electrons. The van der Waals surface area contributed by atoms with Crippen molar-refractivity contribution in [1.29, 1.82) is 0 Å². The van der Waals surface area contributed by atoms with Crippen LogP contribution in [0.1, 0.15) is 38.5 Å². The number of fused-ring (bicyclic) bond motifs is 1. The van der Waals surface area contributed by atoms with Gasteiger partial charge in [0.2, 0.25) is 5.91 Å². The number of hydrogen-bond acceptors (Lipinski definition) is 7. The number of anilines is 1. The predicted octanol–water partition coefficient (Wildman–Crippen LogP) is 3.46. The van der Waals surface area contributed by atoms with Crippen LogP contribution in [0.2, 0.25) is 0 Å². The minimum atomic E-state index is -0.552. The first kappa shape index (κ1) is 19.9. The van der Waals surface area contributed by atoms with Gasteiger partial charge >= 0.3 is 0 Å². The molecule has 1 saturated heterocycles. The minimum absolute atomic E-state index is 0.0186. The molecule has 4 amide bonds. The number of thioether (sulfide) groups is 1. The van der Waals surface area contributed by atoms with Crippen LogP contribution in [-0.2, 0) is 22.4 Å². The van der Waals surface area contributed by atoms with Crippen molar-refractivity contribution in [3.05, 3.63) is 43.3 Å². The second-order valence-electron chi connectivity index (χ2n) is 6.57. The first-order valence-electron chi connectivity index (χ1n) is 8.97. The quantitative estimate of drug-likeness (QED) is 0.659. The molecule has 0 unspecified atom stereocenters. The lowest BCUT2D eigenvalue weighted by atomic mass is 10.1. The van der Waals surface area contributed by atoms with Crippen molar-refractivity contribution in [2.24, 2.45) is 5.73 Å². The number of imide groups is 1. The van der Waals surface area contributed by atoms with Gasteiger partial charge in [-0.25, -0.2) is 0 Å². The van der Waals surface area contributed by atoms with E-state index in [0.29, 0.717) is 15.5 Å². The van der Waals surface area contributed by atoms with Crippen molar-refractivity contribution < 1.29 is 19.2 Å². The second kappa shape index (κ2) is 8.13. The number of nitrogens with zero attached hydrogens (tertiary/aromatic N) is 1. The van der Waals surface area contributed by atoms with Gasteiger partial charge in [-0.1, -0.05) is 6.07 Å². The highest BCUT2D eigenvalue weighted by atomic mass is 32.2. The van der Waals surface area contributed by atoms with E-state index in [0.717, 1.165) is 51.2 Å². The number of carbonyl (C=O) groups excluding carboxylic acids is 4. The van der Waals surface area contributed by atoms with Crippen molar-refractivity contribution in [3.63, 3.8) is 0 Å². The van der Waals surface area contributed by atoms with Gasteiger partial charge in [0, 0.05) is 22.7 Å². The summed E-state index contributed by atoms with van der Waals surface area (Å²) in [5.74, 6) is -1.31. The van der Waals surface area contributed by atoms with E-state index in [4.69, 9.17) is 5.73 Å². The number of nitrogens with one attached hydrogen (secondary N) is 1. The fraction of sp³-hybridized carbons (Fsp3) is 0.263. The SMILES string of the molecule is NC(=O)c1c(NC(=O)CCN2C(=O)SC(=Cc3cccs3)C2=O)sc2c1CCC2. The van der Waals surface area contributed by atoms with Crippen molar-refractivity contribution in [1.82, 2.24) is 4.90 Å². The molecule has 3 heterocycles. The van der Waals surface area contributed by atoms with Crippen LogP contribution in [0.25, 0.3) is 6.08 Å². The van der Waals surface area contributed by atoms with Gasteiger partial charge < -0.3 is 11.1 Å². The van der Waals surface area contributed by atoms with Crippen molar-refractivity contribution >= 4 is 68.5 Å². The standard InChI is InChI=1S/C19H17N3O4S3/c20-16(24)15-11-4-1-5-12(11)28-17(15)21-14(23)6-7-22-18(25)13(29-19(22)26)9-10-3-2-8-27-10/h2-3,8-9H,1,4-7H2,(H2,20,24)(H,21,23). The number of thiophene rings is 2. The van der Waals surface area contributed by atoms with Crippen LogP contribution in [0, 0.1) is 0 Å². The summed E-state index contributed by atoms with van der Waals surface area (Å²) in [5.41, 5.74) is 6.82. The molecule has 0 spiro atoms. The van der Waals surface area contributed by atoms with Crippen LogP contribution >= 0.6 is 34.4 Å². The molecule has 4 rings (SSSR count). The number of rotatable bonds is 6. The van der Waals surface area contributed by atoms with Crippen LogP contribution in [0.3, 0.4) is 0 Å². The molecular weight excluding hydrogens is 430 g/mol. The Morgan fingerprint density at radius 1 is 1.28 bits per heavy atom. The summed E-state index contributed by atoms with van der Waals surface area (Å²) < 4.78 is 0. The normalized spacial score (nSPS) is 17.2.